The van der Waals surface area contributed by atoms with Gasteiger partial charge in [-0.15, -0.1) is 0 Å². The minimum absolute atomic E-state index is 0.189. The molecule has 0 aromatic heterocycles. The highest BCUT2D eigenvalue weighted by Crippen LogP contribution is 2.02. The molecule has 0 aromatic rings. The van der Waals surface area contributed by atoms with Crippen LogP contribution in [0.1, 0.15) is 26.2 Å². The Balaban J connectivity index is 0.000000683. The number of amides is 2. The molecule has 10 heteroatoms. The molecule has 31 heavy (non-hydrogen) atoms. The third-order valence-corrected chi connectivity index (χ3v) is 3.90. The zero-order valence-electron chi connectivity index (χ0n) is 18.6. The monoisotopic (exact) mass is 444 g/mol. The molecule has 0 aromatic carbocycles. The molecule has 1 N–H and O–H groups in total. The Bertz CT molecular complexity index is 521. The average Bonchev–Trinajstić information content (AvgIpc) is 3.10. The number of carbonyl (C=O) groups is 4. The summed E-state index contributed by atoms with van der Waals surface area (Å²) in [4.78, 5) is 43.5. The van der Waals surface area contributed by atoms with Crippen LogP contribution in [0.4, 0.5) is 0 Å². The quantitative estimate of drug-likeness (QED) is 0.168. The number of aldehydes is 1. The van der Waals surface area contributed by atoms with Gasteiger partial charge in [-0.2, -0.15) is 0 Å². The van der Waals surface area contributed by atoms with Crippen LogP contribution in [0.5, 0.6) is 0 Å². The number of hydrogen-bond donors (Lipinski definition) is 1. The number of hydrogen-bond acceptors (Lipinski definition) is 9. The molecule has 0 bridgehead atoms. The smallest absolute Gasteiger partial charge is 0.253 e. The van der Waals surface area contributed by atoms with Crippen molar-refractivity contribution in [2.45, 2.75) is 26.2 Å². The lowest BCUT2D eigenvalue weighted by Gasteiger charge is -2.10. The third-order valence-electron chi connectivity index (χ3n) is 3.90. The normalized spacial score (nSPS) is 12.8. The van der Waals surface area contributed by atoms with Crippen LogP contribution >= 0.6 is 0 Å². The van der Waals surface area contributed by atoms with E-state index in [-0.39, 0.29) is 30.6 Å². The van der Waals surface area contributed by atoms with Crippen LogP contribution in [0.25, 0.3) is 0 Å². The van der Waals surface area contributed by atoms with Crippen molar-refractivity contribution in [3.05, 3.63) is 12.2 Å². The molecule has 0 radical (unpaired) electrons. The fourth-order valence-electron chi connectivity index (χ4n) is 2.13. The van der Waals surface area contributed by atoms with Gasteiger partial charge in [0.15, 0.2) is 0 Å². The minimum Gasteiger partial charge on any atom is -0.379 e. The van der Waals surface area contributed by atoms with Crippen molar-refractivity contribution >= 4 is 23.9 Å². The zero-order chi connectivity index (χ0) is 23.2. The molecule has 0 unspecified atom stereocenters. The van der Waals surface area contributed by atoms with Crippen molar-refractivity contribution in [2.24, 2.45) is 0 Å². The summed E-state index contributed by atoms with van der Waals surface area (Å²) >= 11 is 0. The maximum atomic E-state index is 11.0. The fourth-order valence-corrected chi connectivity index (χ4v) is 2.13. The molecule has 0 saturated carbocycles. The maximum Gasteiger partial charge on any atom is 0.253 e. The first-order valence-corrected chi connectivity index (χ1v) is 10.5. The molecular weight excluding hydrogens is 408 g/mol. The molecule has 2 amide bonds. The van der Waals surface area contributed by atoms with Crippen molar-refractivity contribution < 1.29 is 38.1 Å². The first-order valence-electron chi connectivity index (χ1n) is 10.5. The first-order chi connectivity index (χ1) is 15.1. The molecule has 0 fully saturated rings. The number of nitrogens with one attached hydrogen (secondary N) is 1. The second kappa shape index (κ2) is 21.3. The summed E-state index contributed by atoms with van der Waals surface area (Å²) in [5, 5.41) is 3.00. The average molecular weight is 445 g/mol. The molecule has 0 atom stereocenters. The number of ketones is 1. The standard InChI is InChI=1S/C14H29NO5.C7H7NO3/c1-3-14(16)4-6-17-8-10-19-12-13-20-11-9-18-7-5-15-2;9-5-1-4-8-6(10)2-3-7(8)11/h15H,3-13H2,1-2H3;2-3,5H,1,4H2. The predicted molar refractivity (Wildman–Crippen MR) is 114 cm³/mol. The van der Waals surface area contributed by atoms with E-state index in [0.29, 0.717) is 72.0 Å². The predicted octanol–water partition coefficient (Wildman–Crippen LogP) is 0.142. The van der Waals surface area contributed by atoms with Crippen LogP contribution < -0.4 is 5.32 Å². The summed E-state index contributed by atoms with van der Waals surface area (Å²) in [5.74, 6) is -0.440. The molecule has 0 aliphatic carbocycles. The van der Waals surface area contributed by atoms with Crippen LogP contribution in [0.2, 0.25) is 0 Å². The number of Topliss-reactive ketones (excluding diaryl/α,β-unsaturated/α-hetero) is 1. The summed E-state index contributed by atoms with van der Waals surface area (Å²) in [7, 11) is 1.89. The van der Waals surface area contributed by atoms with Crippen LogP contribution in [0.3, 0.4) is 0 Å². The fraction of sp³-hybridized carbons (Fsp3) is 0.714. The van der Waals surface area contributed by atoms with E-state index in [1.54, 1.807) is 0 Å². The Kier molecular flexibility index (Phi) is 19.9. The number of imide groups is 1. The lowest BCUT2D eigenvalue weighted by atomic mass is 10.2. The van der Waals surface area contributed by atoms with E-state index in [1.807, 2.05) is 14.0 Å². The Morgan fingerprint density at radius 1 is 0.903 bits per heavy atom. The lowest BCUT2D eigenvalue weighted by molar-refractivity contribution is -0.136. The molecule has 1 aliphatic rings. The molecule has 0 spiro atoms. The molecule has 0 saturated heterocycles. The number of carbonyl (C=O) groups excluding carboxylic acids is 4. The van der Waals surface area contributed by atoms with Crippen LogP contribution in [-0.4, -0.2) is 102 Å². The minimum atomic E-state index is -0.336. The highest BCUT2D eigenvalue weighted by atomic mass is 16.6. The molecule has 178 valence electrons. The van der Waals surface area contributed by atoms with Crippen molar-refractivity contribution in [1.29, 1.82) is 0 Å². The van der Waals surface area contributed by atoms with Crippen LogP contribution in [0.15, 0.2) is 12.2 Å². The van der Waals surface area contributed by atoms with Gasteiger partial charge in [-0.3, -0.25) is 19.3 Å². The van der Waals surface area contributed by atoms with Crippen molar-refractivity contribution in [3.63, 3.8) is 0 Å². The summed E-state index contributed by atoms with van der Waals surface area (Å²) in [5.41, 5.74) is 0. The van der Waals surface area contributed by atoms with Gasteiger partial charge in [-0.05, 0) is 7.05 Å². The summed E-state index contributed by atoms with van der Waals surface area (Å²) in [6, 6.07) is 0. The number of ether oxygens (including phenoxy) is 4. The van der Waals surface area contributed by atoms with E-state index in [1.165, 1.54) is 12.2 Å². The van der Waals surface area contributed by atoms with Crippen LogP contribution in [0, 0.1) is 0 Å². The van der Waals surface area contributed by atoms with E-state index in [4.69, 9.17) is 18.9 Å². The lowest BCUT2D eigenvalue weighted by Crippen LogP contribution is -2.30. The molecule has 1 aliphatic heterocycles. The van der Waals surface area contributed by atoms with Crippen molar-refractivity contribution in [3.8, 4) is 0 Å². The summed E-state index contributed by atoms with van der Waals surface area (Å²) < 4.78 is 21.2. The highest BCUT2D eigenvalue weighted by molar-refractivity contribution is 6.12. The zero-order valence-corrected chi connectivity index (χ0v) is 18.6. The van der Waals surface area contributed by atoms with E-state index in [9.17, 15) is 19.2 Å². The number of likely N-dealkylation sites (N-methyl/N-ethyl adjacent to an activating group) is 1. The molecule has 10 nitrogen and oxygen atoms in total. The Morgan fingerprint density at radius 2 is 1.39 bits per heavy atom. The van der Waals surface area contributed by atoms with Gasteiger partial charge in [-0.1, -0.05) is 6.92 Å². The first kappa shape index (κ1) is 29.0. The second-order valence-electron chi connectivity index (χ2n) is 6.31. The van der Waals surface area contributed by atoms with Gasteiger partial charge in [0.25, 0.3) is 11.8 Å². The van der Waals surface area contributed by atoms with E-state index >= 15 is 0 Å². The van der Waals surface area contributed by atoms with E-state index in [2.05, 4.69) is 5.32 Å². The summed E-state index contributed by atoms with van der Waals surface area (Å²) in [6.07, 6.45) is 4.36. The SMILES string of the molecule is CCC(=O)CCOCCOCCOCCOCCNC.O=CCCN1C(=O)C=CC1=O. The third kappa shape index (κ3) is 17.4. The van der Waals surface area contributed by atoms with Gasteiger partial charge >= 0.3 is 0 Å². The van der Waals surface area contributed by atoms with E-state index in [0.717, 1.165) is 11.4 Å². The Hall–Kier alpha value is -1.98. The van der Waals surface area contributed by atoms with Gasteiger partial charge < -0.3 is 29.1 Å². The van der Waals surface area contributed by atoms with Crippen molar-refractivity contribution in [1.82, 2.24) is 10.2 Å². The highest BCUT2D eigenvalue weighted by Gasteiger charge is 2.21. The van der Waals surface area contributed by atoms with Gasteiger partial charge in [0.2, 0.25) is 0 Å². The maximum absolute atomic E-state index is 11.0. The number of nitrogens with zero attached hydrogens (tertiary/aromatic N) is 1. The summed E-state index contributed by atoms with van der Waals surface area (Å²) in [6.45, 7) is 7.44. The molecular formula is C21H36N2O8. The Morgan fingerprint density at radius 3 is 1.84 bits per heavy atom. The number of rotatable bonds is 19. The van der Waals surface area contributed by atoms with E-state index < -0.39 is 0 Å². The van der Waals surface area contributed by atoms with Gasteiger partial charge in [0.05, 0.1) is 52.9 Å². The molecule has 1 rings (SSSR count). The van der Waals surface area contributed by atoms with Gasteiger partial charge in [0.1, 0.15) is 12.1 Å². The van der Waals surface area contributed by atoms with Crippen molar-refractivity contribution in [2.75, 3.05) is 73.0 Å². The largest absolute Gasteiger partial charge is 0.379 e. The van der Waals surface area contributed by atoms with Crippen LogP contribution in [-0.2, 0) is 38.1 Å². The van der Waals surface area contributed by atoms with Gasteiger partial charge in [0, 0.05) is 44.5 Å². The Labute approximate surface area is 184 Å². The van der Waals surface area contributed by atoms with Gasteiger partial charge in [-0.25, -0.2) is 0 Å². The molecule has 1 heterocycles. The second-order valence-corrected chi connectivity index (χ2v) is 6.31. The topological polar surface area (TPSA) is 120 Å².